The normalized spacial score (nSPS) is 20.8. The molecule has 2 rings (SSSR count). The molecule has 0 aliphatic carbocycles. The Morgan fingerprint density at radius 1 is 1.39 bits per heavy atom. The second-order valence-electron chi connectivity index (χ2n) is 5.81. The Bertz CT molecular complexity index is 408. The van der Waals surface area contributed by atoms with E-state index >= 15 is 0 Å². The van der Waals surface area contributed by atoms with Crippen LogP contribution in [-0.2, 0) is 10.2 Å². The van der Waals surface area contributed by atoms with E-state index in [9.17, 15) is 0 Å². The first-order valence-electron chi connectivity index (χ1n) is 6.44. The molecule has 18 heavy (non-hydrogen) atoms. The third-order valence-electron chi connectivity index (χ3n) is 3.19. The van der Waals surface area contributed by atoms with Gasteiger partial charge < -0.3 is 10.2 Å². The molecule has 0 spiro atoms. The minimum absolute atomic E-state index is 0.0151. The molecule has 1 saturated heterocycles. The second kappa shape index (κ2) is 5.20. The van der Waals surface area contributed by atoms with Gasteiger partial charge in [0.15, 0.2) is 0 Å². The smallest absolute Gasteiger partial charge is 0.143 e. The van der Waals surface area contributed by atoms with E-state index in [1.165, 1.54) is 0 Å². The van der Waals surface area contributed by atoms with Crippen LogP contribution in [0.5, 0.6) is 0 Å². The van der Waals surface area contributed by atoms with Crippen molar-refractivity contribution < 1.29 is 4.74 Å². The Morgan fingerprint density at radius 2 is 2.17 bits per heavy atom. The molecule has 1 aromatic rings. The van der Waals surface area contributed by atoms with Crippen LogP contribution >= 0.6 is 0 Å². The number of nitrogens with two attached hydrogens (primary N) is 1. The van der Waals surface area contributed by atoms with Crippen LogP contribution in [0.1, 0.15) is 51.0 Å². The number of hydrogen-bond acceptors (Lipinski definition) is 5. The van der Waals surface area contributed by atoms with Gasteiger partial charge in [0.1, 0.15) is 11.6 Å². The highest BCUT2D eigenvalue weighted by Crippen LogP contribution is 2.27. The number of hydrazine groups is 1. The van der Waals surface area contributed by atoms with Crippen molar-refractivity contribution in [1.82, 2.24) is 9.97 Å². The van der Waals surface area contributed by atoms with E-state index < -0.39 is 0 Å². The van der Waals surface area contributed by atoms with Gasteiger partial charge in [-0.3, -0.25) is 0 Å². The maximum Gasteiger partial charge on any atom is 0.143 e. The summed E-state index contributed by atoms with van der Waals surface area (Å²) in [5, 5.41) is 0. The number of nitrogens with zero attached hydrogens (tertiary/aromatic N) is 2. The lowest BCUT2D eigenvalue weighted by Gasteiger charge is -2.24. The van der Waals surface area contributed by atoms with Gasteiger partial charge in [-0.15, -0.1) is 0 Å². The average Bonchev–Trinajstić information content (AvgIpc) is 2.38. The van der Waals surface area contributed by atoms with Crippen molar-refractivity contribution in [3.05, 3.63) is 17.6 Å². The summed E-state index contributed by atoms with van der Waals surface area (Å²) in [5.41, 5.74) is 3.62. The fourth-order valence-electron chi connectivity index (χ4n) is 2.05. The lowest BCUT2D eigenvalue weighted by molar-refractivity contribution is 0.0779. The van der Waals surface area contributed by atoms with E-state index in [-0.39, 0.29) is 11.3 Å². The maximum atomic E-state index is 5.50. The highest BCUT2D eigenvalue weighted by atomic mass is 16.5. The standard InChI is InChI=1S/C13H22N4O/c1-13(2,3)10-7-11(17-14)16-12(15-10)9-5-4-6-18-8-9/h7,9H,4-6,8,14H2,1-3H3,(H,15,16,17). The summed E-state index contributed by atoms with van der Waals surface area (Å²) in [6, 6.07) is 1.91. The van der Waals surface area contributed by atoms with Crippen LogP contribution < -0.4 is 11.3 Å². The summed E-state index contributed by atoms with van der Waals surface area (Å²) in [6.45, 7) is 7.96. The third kappa shape index (κ3) is 2.97. The molecule has 0 saturated carbocycles. The van der Waals surface area contributed by atoms with Gasteiger partial charge in [-0.1, -0.05) is 20.8 Å². The zero-order chi connectivity index (χ0) is 13.2. The van der Waals surface area contributed by atoms with Gasteiger partial charge in [-0.2, -0.15) is 0 Å². The average molecular weight is 250 g/mol. The number of hydrogen-bond donors (Lipinski definition) is 2. The number of ether oxygens (including phenoxy) is 1. The molecule has 0 bridgehead atoms. The van der Waals surface area contributed by atoms with Crippen LogP contribution in [0.4, 0.5) is 5.82 Å². The molecule has 1 unspecified atom stereocenters. The first kappa shape index (κ1) is 13.2. The molecule has 0 amide bonds. The molecule has 1 aromatic heterocycles. The van der Waals surface area contributed by atoms with Crippen molar-refractivity contribution >= 4 is 5.82 Å². The number of nitrogens with one attached hydrogen (secondary N) is 1. The van der Waals surface area contributed by atoms with Crippen molar-refractivity contribution in [3.8, 4) is 0 Å². The SMILES string of the molecule is CC(C)(C)c1cc(NN)nc(C2CCCOC2)n1. The maximum absolute atomic E-state index is 5.50. The predicted octanol–water partition coefficient (Wildman–Crippen LogP) is 1.95. The van der Waals surface area contributed by atoms with Crippen molar-refractivity contribution in [1.29, 1.82) is 0 Å². The Balaban J connectivity index is 2.34. The number of aromatic nitrogens is 2. The van der Waals surface area contributed by atoms with Gasteiger partial charge in [-0.25, -0.2) is 15.8 Å². The predicted molar refractivity (Wildman–Crippen MR) is 71.3 cm³/mol. The van der Waals surface area contributed by atoms with E-state index in [2.05, 4.69) is 36.2 Å². The Morgan fingerprint density at radius 3 is 2.72 bits per heavy atom. The van der Waals surface area contributed by atoms with Gasteiger partial charge in [0.25, 0.3) is 0 Å². The Labute approximate surface area is 108 Å². The number of rotatable bonds is 2. The number of nitrogen functional groups attached to an aromatic ring is 1. The summed E-state index contributed by atoms with van der Waals surface area (Å²) in [7, 11) is 0. The summed E-state index contributed by atoms with van der Waals surface area (Å²) in [6.07, 6.45) is 2.15. The van der Waals surface area contributed by atoms with Crippen LogP contribution in [0, 0.1) is 0 Å². The summed E-state index contributed by atoms with van der Waals surface area (Å²) >= 11 is 0. The topological polar surface area (TPSA) is 73.1 Å². The molecule has 1 fully saturated rings. The fraction of sp³-hybridized carbons (Fsp3) is 0.692. The first-order chi connectivity index (χ1) is 8.50. The lowest BCUT2D eigenvalue weighted by atomic mass is 9.91. The molecule has 0 radical (unpaired) electrons. The molecule has 5 nitrogen and oxygen atoms in total. The summed E-state index contributed by atoms with van der Waals surface area (Å²) < 4.78 is 5.50. The minimum Gasteiger partial charge on any atom is -0.381 e. The molecule has 100 valence electrons. The fourth-order valence-corrected chi connectivity index (χ4v) is 2.05. The van der Waals surface area contributed by atoms with Crippen LogP contribution in [0.15, 0.2) is 6.07 Å². The first-order valence-corrected chi connectivity index (χ1v) is 6.44. The van der Waals surface area contributed by atoms with Crippen LogP contribution in [0.2, 0.25) is 0 Å². The Hall–Kier alpha value is -1.20. The zero-order valence-electron chi connectivity index (χ0n) is 11.4. The van der Waals surface area contributed by atoms with Crippen LogP contribution in [0.25, 0.3) is 0 Å². The molecule has 1 atom stereocenters. The highest BCUT2D eigenvalue weighted by Gasteiger charge is 2.23. The van der Waals surface area contributed by atoms with E-state index in [4.69, 9.17) is 10.6 Å². The molecular formula is C13H22N4O. The summed E-state index contributed by atoms with van der Waals surface area (Å²) in [4.78, 5) is 9.15. The molecular weight excluding hydrogens is 228 g/mol. The van der Waals surface area contributed by atoms with Gasteiger partial charge >= 0.3 is 0 Å². The van der Waals surface area contributed by atoms with Crippen molar-refractivity contribution in [3.63, 3.8) is 0 Å². The molecule has 0 aromatic carbocycles. The van der Waals surface area contributed by atoms with Gasteiger partial charge in [-0.05, 0) is 12.8 Å². The van der Waals surface area contributed by atoms with Crippen molar-refractivity contribution in [2.75, 3.05) is 18.6 Å². The molecule has 5 heteroatoms. The molecule has 2 heterocycles. The highest BCUT2D eigenvalue weighted by molar-refractivity contribution is 5.37. The van der Waals surface area contributed by atoms with Crippen molar-refractivity contribution in [2.45, 2.75) is 44.9 Å². The lowest BCUT2D eigenvalue weighted by Crippen LogP contribution is -2.23. The Kier molecular flexibility index (Phi) is 3.82. The second-order valence-corrected chi connectivity index (χ2v) is 5.81. The van der Waals surface area contributed by atoms with E-state index in [1.54, 1.807) is 0 Å². The monoisotopic (exact) mass is 250 g/mol. The van der Waals surface area contributed by atoms with Crippen LogP contribution in [-0.4, -0.2) is 23.2 Å². The van der Waals surface area contributed by atoms with Gasteiger partial charge in [0, 0.05) is 24.0 Å². The largest absolute Gasteiger partial charge is 0.381 e. The van der Waals surface area contributed by atoms with E-state index in [1.807, 2.05) is 6.07 Å². The minimum atomic E-state index is -0.0151. The zero-order valence-corrected chi connectivity index (χ0v) is 11.4. The van der Waals surface area contributed by atoms with Crippen LogP contribution in [0.3, 0.4) is 0 Å². The van der Waals surface area contributed by atoms with Crippen molar-refractivity contribution in [2.24, 2.45) is 5.84 Å². The van der Waals surface area contributed by atoms with Gasteiger partial charge in [0.2, 0.25) is 0 Å². The quantitative estimate of drug-likeness (QED) is 0.620. The number of anilines is 1. The molecule has 1 aliphatic heterocycles. The third-order valence-corrected chi connectivity index (χ3v) is 3.19. The van der Waals surface area contributed by atoms with E-state index in [0.717, 1.165) is 31.0 Å². The van der Waals surface area contributed by atoms with E-state index in [0.29, 0.717) is 12.4 Å². The summed E-state index contributed by atoms with van der Waals surface area (Å²) in [5.74, 6) is 7.29. The molecule has 3 N–H and O–H groups in total. The molecule has 1 aliphatic rings. The van der Waals surface area contributed by atoms with Gasteiger partial charge in [0.05, 0.1) is 12.3 Å².